The van der Waals surface area contributed by atoms with E-state index in [9.17, 15) is 9.59 Å². The fourth-order valence-electron chi connectivity index (χ4n) is 3.19. The number of hydrogen-bond acceptors (Lipinski definition) is 4. The standard InChI is InChI=1S/C21H18BrN3O3/c1-13-23-18-10-9-15(22)11-17(18)21(27)25(13)24-20(26)12-28-19-8-4-6-14-5-2-3-7-16(14)19/h2-11,13,23H,12H2,1H3,(H,24,26). The summed E-state index contributed by atoms with van der Waals surface area (Å²) < 4.78 is 6.50. The van der Waals surface area contributed by atoms with E-state index < -0.39 is 5.91 Å². The van der Waals surface area contributed by atoms with Crippen LogP contribution in [0.4, 0.5) is 5.69 Å². The Morgan fingerprint density at radius 1 is 1.18 bits per heavy atom. The number of nitrogens with zero attached hydrogens (tertiary/aromatic N) is 1. The van der Waals surface area contributed by atoms with Crippen LogP contribution in [0.25, 0.3) is 10.8 Å². The van der Waals surface area contributed by atoms with Gasteiger partial charge in [0.1, 0.15) is 11.9 Å². The lowest BCUT2D eigenvalue weighted by Gasteiger charge is -2.35. The Morgan fingerprint density at radius 2 is 1.96 bits per heavy atom. The summed E-state index contributed by atoms with van der Waals surface area (Å²) in [5, 5.41) is 6.45. The summed E-state index contributed by atoms with van der Waals surface area (Å²) in [5.74, 6) is -0.0619. The molecular formula is C21H18BrN3O3. The van der Waals surface area contributed by atoms with E-state index in [0.717, 1.165) is 20.9 Å². The Hall–Kier alpha value is -3.06. The average molecular weight is 440 g/mol. The third kappa shape index (κ3) is 3.53. The molecule has 2 N–H and O–H groups in total. The SMILES string of the molecule is CC1Nc2ccc(Br)cc2C(=O)N1NC(=O)COc1cccc2ccccc12. The van der Waals surface area contributed by atoms with Crippen molar-refractivity contribution < 1.29 is 14.3 Å². The summed E-state index contributed by atoms with van der Waals surface area (Å²) in [5.41, 5.74) is 3.86. The summed E-state index contributed by atoms with van der Waals surface area (Å²) in [6, 6.07) is 18.9. The van der Waals surface area contributed by atoms with Crippen LogP contribution >= 0.6 is 15.9 Å². The normalized spacial score (nSPS) is 15.7. The summed E-state index contributed by atoms with van der Waals surface area (Å²) in [6.45, 7) is 1.60. The molecule has 2 amide bonds. The van der Waals surface area contributed by atoms with Crippen LogP contribution in [0.2, 0.25) is 0 Å². The quantitative estimate of drug-likeness (QED) is 0.645. The lowest BCUT2D eigenvalue weighted by atomic mass is 10.1. The molecule has 0 spiro atoms. The van der Waals surface area contributed by atoms with Crippen LogP contribution in [-0.2, 0) is 4.79 Å². The van der Waals surface area contributed by atoms with Crippen molar-refractivity contribution >= 4 is 44.2 Å². The van der Waals surface area contributed by atoms with Gasteiger partial charge < -0.3 is 10.1 Å². The molecule has 1 aliphatic rings. The first kappa shape index (κ1) is 18.3. The molecule has 0 saturated heterocycles. The number of rotatable bonds is 4. The summed E-state index contributed by atoms with van der Waals surface area (Å²) in [6.07, 6.45) is -0.386. The smallest absolute Gasteiger partial charge is 0.276 e. The van der Waals surface area contributed by atoms with E-state index in [1.165, 1.54) is 5.01 Å². The third-order valence-corrected chi connectivity index (χ3v) is 5.03. The monoisotopic (exact) mass is 439 g/mol. The Bertz CT molecular complexity index is 1060. The molecule has 3 aromatic carbocycles. The molecule has 0 radical (unpaired) electrons. The number of fused-ring (bicyclic) bond motifs is 2. The van der Waals surface area contributed by atoms with Gasteiger partial charge in [0.25, 0.3) is 11.8 Å². The second-order valence-corrected chi connectivity index (χ2v) is 7.40. The number of carbonyl (C=O) groups is 2. The number of nitrogens with one attached hydrogen (secondary N) is 2. The van der Waals surface area contributed by atoms with Crippen LogP contribution < -0.4 is 15.5 Å². The van der Waals surface area contributed by atoms with Crippen LogP contribution in [-0.4, -0.2) is 29.6 Å². The van der Waals surface area contributed by atoms with Gasteiger partial charge in [0, 0.05) is 15.5 Å². The molecule has 0 aromatic heterocycles. The topological polar surface area (TPSA) is 70.7 Å². The van der Waals surface area contributed by atoms with E-state index in [0.29, 0.717) is 11.3 Å². The van der Waals surface area contributed by atoms with Crippen LogP contribution in [0.15, 0.2) is 65.1 Å². The zero-order valence-corrected chi connectivity index (χ0v) is 16.7. The number of halogens is 1. The Kier molecular flexibility index (Phi) is 4.92. The maximum absolute atomic E-state index is 12.8. The number of anilines is 1. The molecule has 4 rings (SSSR count). The van der Waals surface area contributed by atoms with Gasteiger partial charge >= 0.3 is 0 Å². The van der Waals surface area contributed by atoms with E-state index in [4.69, 9.17) is 4.74 Å². The highest BCUT2D eigenvalue weighted by Gasteiger charge is 2.31. The summed E-state index contributed by atoms with van der Waals surface area (Å²) >= 11 is 3.37. The second kappa shape index (κ2) is 7.52. The number of carbonyl (C=O) groups excluding carboxylic acids is 2. The number of amides is 2. The van der Waals surface area contributed by atoms with E-state index in [1.807, 2.05) is 54.6 Å². The molecule has 142 valence electrons. The van der Waals surface area contributed by atoms with Crippen molar-refractivity contribution in [1.82, 2.24) is 10.4 Å². The third-order valence-electron chi connectivity index (χ3n) is 4.54. The molecule has 1 atom stereocenters. The van der Waals surface area contributed by atoms with Crippen molar-refractivity contribution in [3.05, 3.63) is 70.7 Å². The largest absolute Gasteiger partial charge is 0.483 e. The van der Waals surface area contributed by atoms with Crippen LogP contribution in [0.3, 0.4) is 0 Å². The first-order valence-electron chi connectivity index (χ1n) is 8.82. The molecule has 0 fully saturated rings. The zero-order valence-electron chi connectivity index (χ0n) is 15.1. The van der Waals surface area contributed by atoms with E-state index in [2.05, 4.69) is 26.7 Å². The lowest BCUT2D eigenvalue weighted by Crippen LogP contribution is -2.57. The fraction of sp³-hybridized carbons (Fsp3) is 0.143. The molecule has 0 bridgehead atoms. The van der Waals surface area contributed by atoms with Gasteiger partial charge in [-0.05, 0) is 36.6 Å². The molecule has 0 aliphatic carbocycles. The van der Waals surface area contributed by atoms with Gasteiger partial charge in [-0.3, -0.25) is 15.0 Å². The van der Waals surface area contributed by atoms with Crippen LogP contribution in [0.1, 0.15) is 17.3 Å². The first-order chi connectivity index (χ1) is 13.5. The Morgan fingerprint density at radius 3 is 2.82 bits per heavy atom. The van der Waals surface area contributed by atoms with Crippen LogP contribution in [0.5, 0.6) is 5.75 Å². The molecule has 1 heterocycles. The minimum absolute atomic E-state index is 0.199. The van der Waals surface area contributed by atoms with Crippen molar-refractivity contribution in [1.29, 1.82) is 0 Å². The lowest BCUT2D eigenvalue weighted by molar-refractivity contribution is -0.127. The van der Waals surface area contributed by atoms with Gasteiger partial charge in [0.15, 0.2) is 6.61 Å². The molecular weight excluding hydrogens is 422 g/mol. The number of hydrogen-bond donors (Lipinski definition) is 2. The molecule has 1 aliphatic heterocycles. The van der Waals surface area contributed by atoms with Gasteiger partial charge in [-0.15, -0.1) is 0 Å². The predicted octanol–water partition coefficient (Wildman–Crippen LogP) is 3.93. The number of hydrazine groups is 1. The summed E-state index contributed by atoms with van der Waals surface area (Å²) in [7, 11) is 0. The Labute approximate surface area is 170 Å². The molecule has 7 heteroatoms. The fourth-order valence-corrected chi connectivity index (χ4v) is 3.55. The average Bonchev–Trinajstić information content (AvgIpc) is 2.70. The van der Waals surface area contributed by atoms with Crippen molar-refractivity contribution in [2.24, 2.45) is 0 Å². The first-order valence-corrected chi connectivity index (χ1v) is 9.62. The zero-order chi connectivity index (χ0) is 19.7. The van der Waals surface area contributed by atoms with Gasteiger partial charge in [0.2, 0.25) is 0 Å². The van der Waals surface area contributed by atoms with E-state index >= 15 is 0 Å². The minimum Gasteiger partial charge on any atom is -0.483 e. The van der Waals surface area contributed by atoms with Crippen molar-refractivity contribution in [3.63, 3.8) is 0 Å². The van der Waals surface area contributed by atoms with Crippen molar-refractivity contribution in [2.45, 2.75) is 13.1 Å². The number of ether oxygens (including phenoxy) is 1. The summed E-state index contributed by atoms with van der Waals surface area (Å²) in [4.78, 5) is 25.2. The second-order valence-electron chi connectivity index (χ2n) is 6.49. The molecule has 28 heavy (non-hydrogen) atoms. The highest BCUT2D eigenvalue weighted by Crippen LogP contribution is 2.27. The highest BCUT2D eigenvalue weighted by molar-refractivity contribution is 9.10. The van der Waals surface area contributed by atoms with E-state index in [1.54, 1.807) is 13.0 Å². The van der Waals surface area contributed by atoms with Gasteiger partial charge in [-0.25, -0.2) is 5.01 Å². The predicted molar refractivity (Wildman–Crippen MR) is 111 cm³/mol. The van der Waals surface area contributed by atoms with Gasteiger partial charge in [-0.1, -0.05) is 52.3 Å². The van der Waals surface area contributed by atoms with E-state index in [-0.39, 0.29) is 18.7 Å². The molecule has 0 saturated carbocycles. The maximum Gasteiger partial charge on any atom is 0.276 e. The highest BCUT2D eigenvalue weighted by atomic mass is 79.9. The van der Waals surface area contributed by atoms with Gasteiger partial charge in [-0.2, -0.15) is 0 Å². The molecule has 3 aromatic rings. The van der Waals surface area contributed by atoms with Crippen molar-refractivity contribution in [2.75, 3.05) is 11.9 Å². The van der Waals surface area contributed by atoms with Crippen LogP contribution in [0, 0.1) is 0 Å². The number of benzene rings is 3. The molecule has 6 nitrogen and oxygen atoms in total. The van der Waals surface area contributed by atoms with Gasteiger partial charge in [0.05, 0.1) is 5.56 Å². The Balaban J connectivity index is 1.45. The van der Waals surface area contributed by atoms with Crippen molar-refractivity contribution in [3.8, 4) is 5.75 Å². The maximum atomic E-state index is 12.8. The minimum atomic E-state index is -0.409. The molecule has 1 unspecified atom stereocenters.